The molecular weight excluding hydrogens is 331 g/mol. The Morgan fingerprint density at radius 1 is 1.29 bits per heavy atom. The second-order valence-electron chi connectivity index (χ2n) is 5.07. The van der Waals surface area contributed by atoms with Gasteiger partial charge in [-0.3, -0.25) is 4.79 Å². The van der Waals surface area contributed by atoms with E-state index in [9.17, 15) is 9.18 Å². The summed E-state index contributed by atoms with van der Waals surface area (Å²) in [6.07, 6.45) is 0. The van der Waals surface area contributed by atoms with E-state index in [-0.39, 0.29) is 24.1 Å². The molecule has 0 aliphatic heterocycles. The lowest BCUT2D eigenvalue weighted by Crippen LogP contribution is -2.22. The first-order chi connectivity index (χ1) is 11.6. The van der Waals surface area contributed by atoms with Crippen LogP contribution in [-0.4, -0.2) is 10.9 Å². The summed E-state index contributed by atoms with van der Waals surface area (Å²) >= 11 is 1.50. The highest BCUT2D eigenvalue weighted by atomic mass is 32.1. The van der Waals surface area contributed by atoms with E-state index < -0.39 is 0 Å². The number of hydrogen-bond donors (Lipinski definition) is 1. The molecule has 1 aromatic carbocycles. The van der Waals surface area contributed by atoms with Crippen LogP contribution in [0.1, 0.15) is 27.0 Å². The molecule has 124 valence electrons. The van der Waals surface area contributed by atoms with Crippen molar-refractivity contribution in [1.82, 2.24) is 10.3 Å². The zero-order valence-electron chi connectivity index (χ0n) is 12.9. The lowest BCUT2D eigenvalue weighted by Gasteiger charge is -2.04. The summed E-state index contributed by atoms with van der Waals surface area (Å²) in [5.41, 5.74) is 0.933. The smallest absolute Gasteiger partial charge is 0.287 e. The van der Waals surface area contributed by atoms with Crippen molar-refractivity contribution in [3.63, 3.8) is 0 Å². The Morgan fingerprint density at radius 3 is 2.79 bits per heavy atom. The molecule has 0 fully saturated rings. The zero-order chi connectivity index (χ0) is 16.9. The molecule has 7 heteroatoms. The number of furan rings is 1. The molecule has 1 N–H and O–H groups in total. The molecule has 0 unspecified atom stereocenters. The van der Waals surface area contributed by atoms with Gasteiger partial charge < -0.3 is 14.5 Å². The van der Waals surface area contributed by atoms with E-state index in [4.69, 9.17) is 9.15 Å². The number of aromatic nitrogens is 1. The number of carbonyl (C=O) groups excluding carboxylic acids is 1. The van der Waals surface area contributed by atoms with Crippen molar-refractivity contribution in [2.75, 3.05) is 0 Å². The van der Waals surface area contributed by atoms with Crippen molar-refractivity contribution >= 4 is 17.2 Å². The molecule has 0 bridgehead atoms. The summed E-state index contributed by atoms with van der Waals surface area (Å²) < 4.78 is 23.7. The van der Waals surface area contributed by atoms with Crippen LogP contribution in [-0.2, 0) is 13.2 Å². The van der Waals surface area contributed by atoms with Crippen molar-refractivity contribution in [1.29, 1.82) is 0 Å². The molecule has 0 aliphatic carbocycles. The summed E-state index contributed by atoms with van der Waals surface area (Å²) in [5.74, 6) is 0.610. The Labute approximate surface area is 142 Å². The Bertz CT molecular complexity index is 826. The summed E-state index contributed by atoms with van der Waals surface area (Å²) in [5, 5.41) is 5.52. The van der Waals surface area contributed by atoms with Crippen molar-refractivity contribution in [2.45, 2.75) is 20.1 Å². The molecule has 5 nitrogen and oxygen atoms in total. The van der Waals surface area contributed by atoms with Gasteiger partial charge >= 0.3 is 0 Å². The van der Waals surface area contributed by atoms with Gasteiger partial charge in [-0.2, -0.15) is 0 Å². The molecule has 3 rings (SSSR count). The predicted molar refractivity (Wildman–Crippen MR) is 87.5 cm³/mol. The van der Waals surface area contributed by atoms with Gasteiger partial charge in [0.05, 0.1) is 6.54 Å². The van der Waals surface area contributed by atoms with Gasteiger partial charge in [0.25, 0.3) is 5.91 Å². The molecule has 0 radical (unpaired) electrons. The van der Waals surface area contributed by atoms with Gasteiger partial charge in [0.1, 0.15) is 28.9 Å². The van der Waals surface area contributed by atoms with Crippen LogP contribution in [0.15, 0.2) is 46.2 Å². The third-order valence-corrected chi connectivity index (χ3v) is 4.11. The van der Waals surface area contributed by atoms with Gasteiger partial charge in [-0.15, -0.1) is 11.3 Å². The highest BCUT2D eigenvalue weighted by Crippen LogP contribution is 2.15. The number of halogens is 1. The molecule has 0 atom stereocenters. The zero-order valence-corrected chi connectivity index (χ0v) is 13.7. The minimum absolute atomic E-state index is 0.157. The number of thiazole rings is 1. The topological polar surface area (TPSA) is 64.4 Å². The lowest BCUT2D eigenvalue weighted by molar-refractivity contribution is 0.0919. The highest BCUT2D eigenvalue weighted by Gasteiger charge is 2.12. The molecule has 1 amide bonds. The van der Waals surface area contributed by atoms with Crippen LogP contribution < -0.4 is 10.1 Å². The fourth-order valence-corrected chi connectivity index (χ4v) is 2.70. The van der Waals surface area contributed by atoms with Crippen LogP contribution in [0.5, 0.6) is 5.75 Å². The predicted octanol–water partition coefficient (Wildman–Crippen LogP) is 3.69. The van der Waals surface area contributed by atoms with E-state index in [1.807, 2.05) is 12.3 Å². The number of ether oxygens (including phenoxy) is 1. The Hall–Kier alpha value is -2.67. The average molecular weight is 346 g/mol. The maximum Gasteiger partial charge on any atom is 0.287 e. The summed E-state index contributed by atoms with van der Waals surface area (Å²) in [6, 6.07) is 8.95. The fourth-order valence-electron chi connectivity index (χ4n) is 1.99. The Morgan fingerprint density at radius 2 is 2.08 bits per heavy atom. The van der Waals surface area contributed by atoms with E-state index >= 15 is 0 Å². The van der Waals surface area contributed by atoms with Gasteiger partial charge in [0.15, 0.2) is 5.76 Å². The third kappa shape index (κ3) is 4.20. The number of nitrogens with one attached hydrogen (secondary N) is 1. The normalized spacial score (nSPS) is 10.6. The molecular formula is C17H15FN2O3S. The van der Waals surface area contributed by atoms with Crippen LogP contribution >= 0.6 is 11.3 Å². The van der Waals surface area contributed by atoms with Gasteiger partial charge in [0, 0.05) is 11.1 Å². The molecule has 3 aromatic rings. The van der Waals surface area contributed by atoms with Crippen LogP contribution in [0.4, 0.5) is 4.39 Å². The number of carbonyl (C=O) groups is 1. The second-order valence-corrected chi connectivity index (χ2v) is 6.02. The maximum absolute atomic E-state index is 12.8. The number of amides is 1. The molecule has 2 aromatic heterocycles. The second kappa shape index (κ2) is 7.27. The molecule has 0 saturated carbocycles. The van der Waals surface area contributed by atoms with Gasteiger partial charge in [-0.1, -0.05) is 0 Å². The SMILES string of the molecule is Cc1csc(CNC(=O)c2ccc(COc3ccc(F)cc3)o2)n1. The molecule has 0 spiro atoms. The van der Waals surface area contributed by atoms with Gasteiger partial charge in [-0.05, 0) is 43.3 Å². The lowest BCUT2D eigenvalue weighted by atomic mass is 10.3. The van der Waals surface area contributed by atoms with Crippen molar-refractivity contribution < 1.29 is 18.3 Å². The summed E-state index contributed by atoms with van der Waals surface area (Å²) in [6.45, 7) is 2.42. The summed E-state index contributed by atoms with van der Waals surface area (Å²) in [4.78, 5) is 16.3. The number of hydrogen-bond acceptors (Lipinski definition) is 5. The number of rotatable bonds is 6. The largest absolute Gasteiger partial charge is 0.486 e. The van der Waals surface area contributed by atoms with Crippen LogP contribution in [0.25, 0.3) is 0 Å². The van der Waals surface area contributed by atoms with E-state index in [0.717, 1.165) is 10.7 Å². The average Bonchev–Trinajstić information content (AvgIpc) is 3.21. The minimum atomic E-state index is -0.324. The monoisotopic (exact) mass is 346 g/mol. The quantitative estimate of drug-likeness (QED) is 0.739. The molecule has 0 aliphatic rings. The van der Waals surface area contributed by atoms with Gasteiger partial charge in [-0.25, -0.2) is 9.37 Å². The maximum atomic E-state index is 12.8. The standard InChI is InChI=1S/C17H15FN2O3S/c1-11-10-24-16(20-11)8-19-17(21)15-7-6-14(23-15)9-22-13-4-2-12(18)3-5-13/h2-7,10H,8-9H2,1H3,(H,19,21). The first-order valence-corrected chi connectivity index (χ1v) is 8.14. The number of benzene rings is 1. The van der Waals surface area contributed by atoms with E-state index in [0.29, 0.717) is 18.1 Å². The van der Waals surface area contributed by atoms with E-state index in [2.05, 4.69) is 10.3 Å². The first kappa shape index (κ1) is 16.2. The molecule has 0 saturated heterocycles. The third-order valence-electron chi connectivity index (χ3n) is 3.15. The Kier molecular flexibility index (Phi) is 4.90. The number of nitrogens with zero attached hydrogens (tertiary/aromatic N) is 1. The molecule has 2 heterocycles. The van der Waals surface area contributed by atoms with Crippen LogP contribution in [0, 0.1) is 12.7 Å². The Balaban J connectivity index is 1.52. The van der Waals surface area contributed by atoms with Gasteiger partial charge in [0.2, 0.25) is 0 Å². The summed E-state index contributed by atoms with van der Waals surface area (Å²) in [7, 11) is 0. The minimum Gasteiger partial charge on any atom is -0.486 e. The van der Waals surface area contributed by atoms with Crippen LogP contribution in [0.2, 0.25) is 0 Å². The van der Waals surface area contributed by atoms with E-state index in [1.54, 1.807) is 12.1 Å². The van der Waals surface area contributed by atoms with E-state index in [1.165, 1.54) is 35.6 Å². The molecule has 24 heavy (non-hydrogen) atoms. The number of aryl methyl sites for hydroxylation is 1. The fraction of sp³-hybridized carbons (Fsp3) is 0.176. The highest BCUT2D eigenvalue weighted by molar-refractivity contribution is 7.09. The van der Waals surface area contributed by atoms with Crippen molar-refractivity contribution in [2.24, 2.45) is 0 Å². The van der Waals surface area contributed by atoms with Crippen molar-refractivity contribution in [3.8, 4) is 5.75 Å². The first-order valence-electron chi connectivity index (χ1n) is 7.26. The van der Waals surface area contributed by atoms with Crippen LogP contribution in [0.3, 0.4) is 0 Å². The van der Waals surface area contributed by atoms with Crippen molar-refractivity contribution in [3.05, 3.63) is 69.8 Å².